The molecule has 0 bridgehead atoms. The number of carbonyl (C=O) groups is 2. The van der Waals surface area contributed by atoms with Crippen molar-refractivity contribution >= 4 is 61.1 Å². The molecule has 1 aliphatic heterocycles. The van der Waals surface area contributed by atoms with E-state index in [1.54, 1.807) is 6.07 Å². The molecule has 3 rings (SSSR count). The number of Topliss-reactive ketones (excluding diaryl/α,β-unsaturated/α-hetero) is 1. The van der Waals surface area contributed by atoms with Crippen LogP contribution < -0.4 is 19.5 Å². The van der Waals surface area contributed by atoms with Crippen LogP contribution in [0.3, 0.4) is 0 Å². The Morgan fingerprint density at radius 2 is 1.81 bits per heavy atom. The van der Waals surface area contributed by atoms with E-state index in [-0.39, 0.29) is 22.4 Å². The van der Waals surface area contributed by atoms with E-state index in [0.29, 0.717) is 38.9 Å². The number of hydrogen-bond donors (Lipinski definition) is 1. The van der Waals surface area contributed by atoms with Crippen LogP contribution in [-0.2, 0) is 9.59 Å². The maximum Gasteiger partial charge on any atom is 0.222 e. The maximum atomic E-state index is 12.6. The number of nitrogens with zero attached hydrogens (tertiary/aromatic N) is 1. The molecule has 0 saturated heterocycles. The number of halogens is 2. The zero-order valence-corrected chi connectivity index (χ0v) is 25.8. The Balaban J connectivity index is 0.00000106. The maximum absolute atomic E-state index is 12.6. The van der Waals surface area contributed by atoms with Gasteiger partial charge in [0.2, 0.25) is 11.7 Å². The van der Waals surface area contributed by atoms with Crippen LogP contribution in [0.5, 0.6) is 17.2 Å². The van der Waals surface area contributed by atoms with Gasteiger partial charge in [-0.05, 0) is 46.0 Å². The molecule has 36 heavy (non-hydrogen) atoms. The summed E-state index contributed by atoms with van der Waals surface area (Å²) in [5, 5.41) is 2.81. The number of benzene rings is 1. The minimum absolute atomic E-state index is 0.123. The number of rotatable bonds is 6. The van der Waals surface area contributed by atoms with Gasteiger partial charge in [0, 0.05) is 18.2 Å². The lowest BCUT2D eigenvalue weighted by molar-refractivity contribution is -0.117. The predicted octanol–water partition coefficient (Wildman–Crippen LogP) is 6.42. The van der Waals surface area contributed by atoms with Crippen LogP contribution in [0.15, 0.2) is 37.8 Å². The lowest BCUT2D eigenvalue weighted by Crippen LogP contribution is -2.31. The number of hydrogen-bond acceptors (Lipinski definition) is 7. The monoisotopic (exact) mass is 644 g/mol. The summed E-state index contributed by atoms with van der Waals surface area (Å²) in [6.07, 6.45) is 5.37. The van der Waals surface area contributed by atoms with Crippen LogP contribution >= 0.6 is 43.6 Å². The second kappa shape index (κ2) is 14.2. The van der Waals surface area contributed by atoms with Crippen molar-refractivity contribution < 1.29 is 23.8 Å². The summed E-state index contributed by atoms with van der Waals surface area (Å²) in [5.74, 6) is 2.20. The molecule has 2 atom stereocenters. The van der Waals surface area contributed by atoms with E-state index in [9.17, 15) is 9.59 Å². The fraction of sp³-hybridized carbons (Fsp3) is 0.500. The van der Waals surface area contributed by atoms with E-state index in [0.717, 1.165) is 22.6 Å². The number of alkyl halides is 1. The average Bonchev–Trinajstić information content (AvgIpc) is 2.86. The van der Waals surface area contributed by atoms with Gasteiger partial charge in [-0.3, -0.25) is 9.59 Å². The first-order valence-electron chi connectivity index (χ1n) is 11.7. The van der Waals surface area contributed by atoms with Crippen LogP contribution in [0.25, 0.3) is 0 Å². The number of amidine groups is 1. The van der Waals surface area contributed by atoms with Crippen LogP contribution in [0, 0.1) is 5.92 Å². The molecule has 0 spiro atoms. The summed E-state index contributed by atoms with van der Waals surface area (Å²) in [6.45, 7) is 7.83. The van der Waals surface area contributed by atoms with Gasteiger partial charge in [-0.1, -0.05) is 49.5 Å². The molecule has 1 heterocycles. The van der Waals surface area contributed by atoms with Crippen molar-refractivity contribution in [3.8, 4) is 17.2 Å². The lowest BCUT2D eigenvalue weighted by atomic mass is 9.88. The van der Waals surface area contributed by atoms with Crippen LogP contribution in [-0.4, -0.2) is 49.4 Å². The van der Waals surface area contributed by atoms with E-state index in [2.05, 4.69) is 51.0 Å². The van der Waals surface area contributed by atoms with Crippen LogP contribution in [0.4, 0.5) is 0 Å². The van der Waals surface area contributed by atoms with Gasteiger partial charge < -0.3 is 19.5 Å². The number of aliphatic imine (C=N–C) groups is 1. The number of carbonyl (C=O) groups excluding carboxylic acids is 2. The normalized spacial score (nSPS) is 19.5. The van der Waals surface area contributed by atoms with Crippen LogP contribution in [0.2, 0.25) is 0 Å². The minimum atomic E-state index is -0.267. The van der Waals surface area contributed by atoms with E-state index >= 15 is 0 Å². The van der Waals surface area contributed by atoms with Crippen molar-refractivity contribution in [1.29, 1.82) is 0 Å². The van der Waals surface area contributed by atoms with Gasteiger partial charge in [0.1, 0.15) is 5.84 Å². The second-order valence-electron chi connectivity index (χ2n) is 8.37. The number of thioether (sulfide) groups is 1. The molecular formula is C26H34Br2N2O5S. The summed E-state index contributed by atoms with van der Waals surface area (Å²) in [5.41, 5.74) is 2.32. The first kappa shape index (κ1) is 30.4. The van der Waals surface area contributed by atoms with Crippen molar-refractivity contribution in [1.82, 2.24) is 5.32 Å². The molecule has 1 aromatic carbocycles. The van der Waals surface area contributed by atoms with Gasteiger partial charge in [0.15, 0.2) is 17.3 Å². The van der Waals surface area contributed by atoms with E-state index in [4.69, 9.17) is 19.2 Å². The molecule has 0 fully saturated rings. The third-order valence-corrected chi connectivity index (χ3v) is 8.88. The second-order valence-corrected chi connectivity index (χ2v) is 11.1. The van der Waals surface area contributed by atoms with Crippen LogP contribution in [0.1, 0.15) is 52.5 Å². The van der Waals surface area contributed by atoms with Gasteiger partial charge >= 0.3 is 0 Å². The Labute approximate surface area is 234 Å². The minimum Gasteiger partial charge on any atom is -0.493 e. The van der Waals surface area contributed by atoms with Crippen molar-refractivity contribution in [3.05, 3.63) is 38.4 Å². The smallest absolute Gasteiger partial charge is 0.222 e. The highest BCUT2D eigenvalue weighted by atomic mass is 79.9. The Bertz CT molecular complexity index is 1080. The first-order chi connectivity index (χ1) is 17.1. The standard InChI is InChI=1S/C22H24Br2N2O5S.C4H10/c1-10-6-12-7-13(9-32-21(12)18(28)16(10)23)26-22(25-11(2)27)14-8-15(29-3)19(30-4)20(31-5)17(14)24;1-3-4-2/h7-8,10,16H,6,9H2,1-5H3,(H,25,26,27);3-4H2,1-2H3. The Morgan fingerprint density at radius 1 is 1.17 bits per heavy atom. The molecule has 7 nitrogen and oxygen atoms in total. The highest BCUT2D eigenvalue weighted by Crippen LogP contribution is 2.45. The van der Waals surface area contributed by atoms with Gasteiger partial charge in [-0.2, -0.15) is 0 Å². The van der Waals surface area contributed by atoms with Crippen molar-refractivity contribution in [3.63, 3.8) is 0 Å². The largest absolute Gasteiger partial charge is 0.493 e. The Hall–Kier alpha value is -1.78. The highest BCUT2D eigenvalue weighted by molar-refractivity contribution is 9.10. The molecule has 1 N–H and O–H groups in total. The average molecular weight is 646 g/mol. The summed E-state index contributed by atoms with van der Waals surface area (Å²) in [7, 11) is 4.57. The zero-order valence-electron chi connectivity index (χ0n) is 21.8. The van der Waals surface area contributed by atoms with E-state index in [1.807, 2.05) is 13.0 Å². The molecule has 1 amide bonds. The quantitative estimate of drug-likeness (QED) is 0.218. The van der Waals surface area contributed by atoms with Crippen molar-refractivity contribution in [2.75, 3.05) is 27.1 Å². The van der Waals surface area contributed by atoms with E-state index in [1.165, 1.54) is 52.9 Å². The molecule has 1 aliphatic carbocycles. The molecule has 1 aromatic rings. The molecule has 2 unspecified atom stereocenters. The Morgan fingerprint density at radius 3 is 2.33 bits per heavy atom. The number of unbranched alkanes of at least 4 members (excludes halogenated alkanes) is 1. The van der Waals surface area contributed by atoms with Crippen molar-refractivity contribution in [2.24, 2.45) is 10.9 Å². The number of methoxy groups -OCH3 is 3. The predicted molar refractivity (Wildman–Crippen MR) is 154 cm³/mol. The first-order valence-corrected chi connectivity index (χ1v) is 14.4. The fourth-order valence-electron chi connectivity index (χ4n) is 3.59. The number of nitrogens with one attached hydrogen (secondary N) is 1. The van der Waals surface area contributed by atoms with Gasteiger partial charge in [0.25, 0.3) is 0 Å². The summed E-state index contributed by atoms with van der Waals surface area (Å²) >= 11 is 8.54. The zero-order chi connectivity index (χ0) is 27.0. The molecular weight excluding hydrogens is 612 g/mol. The Kier molecular flexibility index (Phi) is 12.0. The lowest BCUT2D eigenvalue weighted by Gasteiger charge is -2.29. The molecule has 198 valence electrons. The molecule has 0 radical (unpaired) electrons. The highest BCUT2D eigenvalue weighted by Gasteiger charge is 2.34. The molecule has 0 aromatic heterocycles. The van der Waals surface area contributed by atoms with Gasteiger partial charge in [0.05, 0.1) is 41.2 Å². The van der Waals surface area contributed by atoms with E-state index < -0.39 is 0 Å². The fourth-order valence-corrected chi connectivity index (χ4v) is 5.83. The molecule has 0 saturated carbocycles. The summed E-state index contributed by atoms with van der Waals surface area (Å²) in [4.78, 5) is 30.0. The molecule has 10 heteroatoms. The SMILES string of the molecule is CCCC.COc1cc(C(=NC2=CC3=C(SC2)C(=O)C(Br)C(C)C3)NC(C)=O)c(Br)c(OC)c1OC. The number of amides is 1. The summed E-state index contributed by atoms with van der Waals surface area (Å²) in [6, 6.07) is 1.73. The summed E-state index contributed by atoms with van der Waals surface area (Å²) < 4.78 is 17.0. The third kappa shape index (κ3) is 7.16. The molecule has 2 aliphatic rings. The third-order valence-electron chi connectivity index (χ3n) is 5.59. The van der Waals surface area contributed by atoms with Gasteiger partial charge in [-0.15, -0.1) is 11.8 Å². The number of allylic oxidation sites excluding steroid dienone is 3. The topological polar surface area (TPSA) is 86.2 Å². The van der Waals surface area contributed by atoms with Crippen molar-refractivity contribution in [2.45, 2.75) is 51.8 Å². The number of ether oxygens (including phenoxy) is 3. The number of ketones is 1. The van der Waals surface area contributed by atoms with Gasteiger partial charge in [-0.25, -0.2) is 4.99 Å².